The maximum Gasteiger partial charge on any atom is 0.472 e. The monoisotopic (exact) mass is 1240 g/mol. The predicted octanol–water partition coefficient (Wildman–Crippen LogP) is 17.8. The van der Waals surface area contributed by atoms with Gasteiger partial charge in [0.1, 0.15) is 19.3 Å². The first kappa shape index (κ1) is 82.1. The van der Waals surface area contributed by atoms with Crippen LogP contribution in [0.4, 0.5) is 0 Å². The second kappa shape index (κ2) is 55.2. The van der Waals surface area contributed by atoms with E-state index in [-0.39, 0.29) is 25.7 Å². The SMILES string of the molecule is CC(C)CCCCCCCCCCCCCCC(=O)OC[C@H](COP(=O)(O)OC[C@@H](O)COP(=O)(O)OC[C@@H](COC(=O)CCCCCCCCC(C)C)OC(=O)CCCCCCCCCC(C)C)OC(=O)CCCCCCCCCC(C)C. The molecule has 0 saturated carbocycles. The lowest BCUT2D eigenvalue weighted by molar-refractivity contribution is -0.161. The van der Waals surface area contributed by atoms with E-state index in [1.54, 1.807) is 0 Å². The van der Waals surface area contributed by atoms with Crippen LogP contribution in [-0.2, 0) is 65.4 Å². The van der Waals surface area contributed by atoms with Crippen molar-refractivity contribution >= 4 is 39.5 Å². The molecule has 0 aliphatic rings. The fourth-order valence-corrected chi connectivity index (χ4v) is 11.2. The molecule has 0 heterocycles. The Morgan fingerprint density at radius 3 is 0.738 bits per heavy atom. The van der Waals surface area contributed by atoms with Gasteiger partial charge in [-0.3, -0.25) is 37.3 Å². The predicted molar refractivity (Wildman–Crippen MR) is 335 cm³/mol. The van der Waals surface area contributed by atoms with Crippen molar-refractivity contribution in [1.29, 1.82) is 0 Å². The number of hydrogen-bond donors (Lipinski definition) is 3. The maximum absolute atomic E-state index is 13.0. The molecule has 0 aromatic rings. The van der Waals surface area contributed by atoms with Crippen molar-refractivity contribution in [1.82, 2.24) is 0 Å². The summed E-state index contributed by atoms with van der Waals surface area (Å²) in [5.74, 6) is 0.711. The van der Waals surface area contributed by atoms with Crippen LogP contribution in [0.15, 0.2) is 0 Å². The van der Waals surface area contributed by atoms with Crippen molar-refractivity contribution in [2.45, 2.75) is 331 Å². The highest BCUT2D eigenvalue weighted by molar-refractivity contribution is 7.47. The van der Waals surface area contributed by atoms with Gasteiger partial charge in [-0.05, 0) is 49.4 Å². The molecule has 0 radical (unpaired) electrons. The minimum atomic E-state index is -4.95. The first-order valence-electron chi connectivity index (χ1n) is 33.7. The van der Waals surface area contributed by atoms with Crippen LogP contribution in [0, 0.1) is 23.7 Å². The lowest BCUT2D eigenvalue weighted by atomic mass is 10.0. The first-order chi connectivity index (χ1) is 40.1. The second-order valence-electron chi connectivity index (χ2n) is 25.4. The molecular formula is C65H126O17P2. The maximum atomic E-state index is 13.0. The van der Waals surface area contributed by atoms with E-state index in [0.29, 0.717) is 43.4 Å². The number of hydrogen-bond acceptors (Lipinski definition) is 15. The van der Waals surface area contributed by atoms with Crippen molar-refractivity contribution in [3.05, 3.63) is 0 Å². The summed E-state index contributed by atoms with van der Waals surface area (Å²) in [5.41, 5.74) is 0. The van der Waals surface area contributed by atoms with Crippen molar-refractivity contribution in [2.24, 2.45) is 23.7 Å². The first-order valence-corrected chi connectivity index (χ1v) is 36.7. The molecule has 0 aromatic carbocycles. The molecule has 0 fully saturated rings. The Kier molecular flexibility index (Phi) is 53.9. The smallest absolute Gasteiger partial charge is 0.462 e. The molecule has 17 nitrogen and oxygen atoms in total. The van der Waals surface area contributed by atoms with E-state index in [1.807, 2.05) is 0 Å². The Balaban J connectivity index is 5.21. The van der Waals surface area contributed by atoms with Crippen molar-refractivity contribution < 1.29 is 80.2 Å². The van der Waals surface area contributed by atoms with Gasteiger partial charge < -0.3 is 33.8 Å². The molecule has 0 aliphatic carbocycles. The van der Waals surface area contributed by atoms with Crippen molar-refractivity contribution in [3.63, 3.8) is 0 Å². The number of aliphatic hydroxyl groups is 1. The largest absolute Gasteiger partial charge is 0.472 e. The summed E-state index contributed by atoms with van der Waals surface area (Å²) in [4.78, 5) is 72.2. The average molecular weight is 1240 g/mol. The van der Waals surface area contributed by atoms with Gasteiger partial charge in [-0.15, -0.1) is 0 Å². The van der Waals surface area contributed by atoms with Crippen LogP contribution in [0.5, 0.6) is 0 Å². The van der Waals surface area contributed by atoms with Gasteiger partial charge in [0.2, 0.25) is 0 Å². The lowest BCUT2D eigenvalue weighted by Crippen LogP contribution is -2.30. The molecule has 0 rings (SSSR count). The summed E-state index contributed by atoms with van der Waals surface area (Å²) in [6.07, 6.45) is 35.2. The molecule has 0 bridgehead atoms. The number of ether oxygens (including phenoxy) is 4. The van der Waals surface area contributed by atoms with Crippen LogP contribution in [0.25, 0.3) is 0 Å². The molecule has 498 valence electrons. The number of unbranched alkanes of at least 4 members (excludes halogenated alkanes) is 28. The van der Waals surface area contributed by atoms with Crippen LogP contribution in [0.3, 0.4) is 0 Å². The number of rotatable bonds is 62. The average Bonchev–Trinajstić information content (AvgIpc) is 3.47. The van der Waals surface area contributed by atoms with Gasteiger partial charge in [0, 0.05) is 25.7 Å². The summed E-state index contributed by atoms with van der Waals surface area (Å²) in [6, 6.07) is 0. The van der Waals surface area contributed by atoms with Crippen molar-refractivity contribution in [2.75, 3.05) is 39.6 Å². The molecule has 0 aromatic heterocycles. The quantitative estimate of drug-likeness (QED) is 0.0222. The molecule has 19 heteroatoms. The molecular weight excluding hydrogens is 1110 g/mol. The number of aliphatic hydroxyl groups excluding tert-OH is 1. The topological polar surface area (TPSA) is 237 Å². The zero-order valence-corrected chi connectivity index (χ0v) is 56.3. The number of phosphoric acid groups is 2. The third-order valence-corrected chi connectivity index (χ3v) is 16.7. The molecule has 3 N–H and O–H groups in total. The minimum Gasteiger partial charge on any atom is -0.462 e. The van der Waals surface area contributed by atoms with E-state index in [1.165, 1.54) is 109 Å². The van der Waals surface area contributed by atoms with Crippen LogP contribution in [0.2, 0.25) is 0 Å². The van der Waals surface area contributed by atoms with Crippen LogP contribution in [-0.4, -0.2) is 96.7 Å². The molecule has 0 amide bonds. The van der Waals surface area contributed by atoms with E-state index >= 15 is 0 Å². The third-order valence-electron chi connectivity index (χ3n) is 14.8. The van der Waals surface area contributed by atoms with Gasteiger partial charge in [-0.1, -0.05) is 261 Å². The minimum absolute atomic E-state index is 0.102. The normalized spacial score (nSPS) is 14.4. The fourth-order valence-electron chi connectivity index (χ4n) is 9.61. The summed E-state index contributed by atoms with van der Waals surface area (Å²) < 4.78 is 68.0. The number of carbonyl (C=O) groups is 4. The highest BCUT2D eigenvalue weighted by Crippen LogP contribution is 2.45. The fraction of sp³-hybridized carbons (Fsp3) is 0.938. The van der Waals surface area contributed by atoms with Crippen molar-refractivity contribution in [3.8, 4) is 0 Å². The van der Waals surface area contributed by atoms with Gasteiger partial charge in [-0.25, -0.2) is 9.13 Å². The summed E-state index contributed by atoms with van der Waals surface area (Å²) in [5, 5.41) is 10.5. The molecule has 0 spiro atoms. The summed E-state index contributed by atoms with van der Waals surface area (Å²) in [6.45, 7) is 13.9. The van der Waals surface area contributed by atoms with Gasteiger partial charge in [0.15, 0.2) is 12.2 Å². The Morgan fingerprint density at radius 2 is 0.500 bits per heavy atom. The molecule has 84 heavy (non-hydrogen) atoms. The Morgan fingerprint density at radius 1 is 0.298 bits per heavy atom. The van der Waals surface area contributed by atoms with E-state index < -0.39 is 97.5 Å². The van der Waals surface area contributed by atoms with Gasteiger partial charge in [0.05, 0.1) is 26.4 Å². The second-order valence-corrected chi connectivity index (χ2v) is 28.3. The van der Waals surface area contributed by atoms with Crippen LogP contribution < -0.4 is 0 Å². The van der Waals surface area contributed by atoms with Gasteiger partial charge in [0.25, 0.3) is 0 Å². The molecule has 0 saturated heterocycles. The van der Waals surface area contributed by atoms with Gasteiger partial charge >= 0.3 is 39.5 Å². The Labute approximate surface area is 511 Å². The standard InChI is InChI=1S/C65H126O17P2/c1-55(2)41-33-25-17-13-11-9-10-12-14-20-29-37-45-62(67)75-51-60(81-64(69)47-39-31-21-15-18-26-34-42-56(3)4)53-79-83(71,72)77-49-59(66)50-78-84(73,74)80-54-61(52-76-63(68)46-38-30-24-23-28-36-44-58(7)8)82-65(70)48-40-32-22-16-19-27-35-43-57(5)6/h55-61,66H,9-54H2,1-8H3,(H,71,72)(H,73,74)/t59-,60-,61-/m1/s1. The molecule has 0 aliphatic heterocycles. The lowest BCUT2D eigenvalue weighted by Gasteiger charge is -2.21. The van der Waals surface area contributed by atoms with E-state index in [0.717, 1.165) is 102 Å². The van der Waals surface area contributed by atoms with Gasteiger partial charge in [-0.2, -0.15) is 0 Å². The van der Waals surface area contributed by atoms with E-state index in [2.05, 4.69) is 55.4 Å². The van der Waals surface area contributed by atoms with E-state index in [9.17, 15) is 43.2 Å². The number of esters is 4. The number of phosphoric ester groups is 2. The Bertz CT molecular complexity index is 1680. The summed E-state index contributed by atoms with van der Waals surface area (Å²) >= 11 is 0. The van der Waals surface area contributed by atoms with Crippen LogP contribution in [0.1, 0.15) is 312 Å². The molecule has 5 atom stereocenters. The van der Waals surface area contributed by atoms with E-state index in [4.69, 9.17) is 37.0 Å². The Hall–Kier alpha value is -1.94. The zero-order valence-electron chi connectivity index (χ0n) is 54.5. The number of carbonyl (C=O) groups excluding carboxylic acids is 4. The third kappa shape index (κ3) is 59.0. The summed E-state index contributed by atoms with van der Waals surface area (Å²) in [7, 11) is -9.89. The molecule has 2 unspecified atom stereocenters. The van der Waals surface area contributed by atoms with Crippen LogP contribution >= 0.6 is 15.6 Å². The zero-order chi connectivity index (χ0) is 62.5. The highest BCUT2D eigenvalue weighted by Gasteiger charge is 2.30. The highest BCUT2D eigenvalue weighted by atomic mass is 31.2.